The molecule has 13 heavy (non-hydrogen) atoms. The first kappa shape index (κ1) is 19.3. The van der Waals surface area contributed by atoms with Gasteiger partial charge in [0.2, 0.25) is 0 Å². The van der Waals surface area contributed by atoms with E-state index in [-0.39, 0.29) is 42.0 Å². The maximum absolute atomic E-state index is 6.90. The summed E-state index contributed by atoms with van der Waals surface area (Å²) in [4.78, 5) is 0. The summed E-state index contributed by atoms with van der Waals surface area (Å²) in [7, 11) is 0. The topological polar surface area (TPSA) is 39.5 Å². The Labute approximate surface area is 110 Å². The van der Waals surface area contributed by atoms with Crippen molar-refractivity contribution in [1.82, 2.24) is 5.01 Å². The fourth-order valence-electron chi connectivity index (χ4n) is 0.999. The van der Waals surface area contributed by atoms with Crippen LogP contribution >= 0.6 is 12.4 Å². The van der Waals surface area contributed by atoms with Crippen molar-refractivity contribution in [3.8, 4) is 0 Å². The van der Waals surface area contributed by atoms with Gasteiger partial charge in [0.05, 0.1) is 0 Å². The molecule has 0 aliphatic carbocycles. The normalized spacial score (nSPS) is 9.08. The first-order chi connectivity index (χ1) is 5.06. The molecule has 0 spiro atoms. The summed E-state index contributed by atoms with van der Waals surface area (Å²) in [6, 6.07) is 0. The zero-order valence-electron chi connectivity index (χ0n) is 8.37. The molecular weight excluding hydrogens is 197 g/mol. The minimum absolute atomic E-state index is 0. The van der Waals surface area contributed by atoms with Crippen molar-refractivity contribution in [2.45, 2.75) is 27.7 Å². The van der Waals surface area contributed by atoms with Gasteiger partial charge in [-0.1, -0.05) is 32.9 Å². The second-order valence-corrected chi connectivity index (χ2v) is 3.76. The van der Waals surface area contributed by atoms with E-state index in [4.69, 9.17) is 5.53 Å². The standard InChI is InChI=1S/C8H19N3.ClH.Na.H/c1-7(2)5-11(10-9)6-8(3)4;;;/h7-9H,5-6H2,1-4H3;1H;;. The quantitative estimate of drug-likeness (QED) is 0.429. The first-order valence-corrected chi connectivity index (χ1v) is 4.18. The number of halogens is 1. The maximum atomic E-state index is 6.90. The van der Waals surface area contributed by atoms with Crippen molar-refractivity contribution in [1.29, 1.82) is 5.53 Å². The van der Waals surface area contributed by atoms with Crippen LogP contribution in [0.1, 0.15) is 27.7 Å². The van der Waals surface area contributed by atoms with Crippen LogP contribution in [0, 0.1) is 17.4 Å². The Kier molecular flexibility index (Phi) is 16.0. The van der Waals surface area contributed by atoms with E-state index in [1.54, 1.807) is 0 Å². The number of hydrogen-bond donors (Lipinski definition) is 1. The number of nitrogens with zero attached hydrogens (tertiary/aromatic N) is 2. The third-order valence-corrected chi connectivity index (χ3v) is 1.29. The number of nitrogens with one attached hydrogen (secondary N) is 1. The summed E-state index contributed by atoms with van der Waals surface area (Å²) >= 11 is 0. The average Bonchev–Trinajstić information content (AvgIpc) is 1.84. The molecule has 0 aromatic carbocycles. The van der Waals surface area contributed by atoms with Crippen molar-refractivity contribution in [3.63, 3.8) is 0 Å². The van der Waals surface area contributed by atoms with E-state index >= 15 is 0 Å². The molecule has 0 atom stereocenters. The zero-order valence-corrected chi connectivity index (χ0v) is 9.19. The first-order valence-electron chi connectivity index (χ1n) is 4.18. The van der Waals surface area contributed by atoms with Gasteiger partial charge in [-0.3, -0.25) is 5.01 Å². The van der Waals surface area contributed by atoms with E-state index in [1.807, 2.05) is 5.01 Å². The van der Waals surface area contributed by atoms with Crippen molar-refractivity contribution in [2.75, 3.05) is 13.1 Å². The third kappa shape index (κ3) is 12.7. The van der Waals surface area contributed by atoms with Crippen LogP contribution in [0.5, 0.6) is 0 Å². The molecule has 1 N–H and O–H groups in total. The third-order valence-electron chi connectivity index (χ3n) is 1.29. The summed E-state index contributed by atoms with van der Waals surface area (Å²) in [5.74, 6) is 1.17. The second-order valence-electron chi connectivity index (χ2n) is 3.76. The van der Waals surface area contributed by atoms with Crippen LogP contribution in [0.3, 0.4) is 0 Å². The molecule has 0 unspecified atom stereocenters. The van der Waals surface area contributed by atoms with Crippen molar-refractivity contribution in [3.05, 3.63) is 0 Å². The van der Waals surface area contributed by atoms with Gasteiger partial charge in [-0.05, 0) is 11.8 Å². The summed E-state index contributed by atoms with van der Waals surface area (Å²) in [5.41, 5.74) is 6.90. The summed E-state index contributed by atoms with van der Waals surface area (Å²) in [6.45, 7) is 10.3. The molecule has 5 heteroatoms. The molecule has 0 aromatic heterocycles. The Morgan fingerprint density at radius 3 is 1.54 bits per heavy atom. The van der Waals surface area contributed by atoms with Gasteiger partial charge in [-0.25, -0.2) is 0 Å². The van der Waals surface area contributed by atoms with E-state index in [9.17, 15) is 0 Å². The molecule has 3 nitrogen and oxygen atoms in total. The fourth-order valence-corrected chi connectivity index (χ4v) is 0.999. The Balaban J connectivity index is -0.000000500. The van der Waals surface area contributed by atoms with Gasteiger partial charge in [0.25, 0.3) is 0 Å². The summed E-state index contributed by atoms with van der Waals surface area (Å²) in [6.07, 6.45) is 0. The molecule has 0 heterocycles. The van der Waals surface area contributed by atoms with Gasteiger partial charge in [0.15, 0.2) is 0 Å². The fraction of sp³-hybridized carbons (Fsp3) is 1.00. The van der Waals surface area contributed by atoms with Crippen LogP contribution in [0.15, 0.2) is 5.22 Å². The molecule has 0 radical (unpaired) electrons. The summed E-state index contributed by atoms with van der Waals surface area (Å²) in [5, 5.41) is 5.27. The van der Waals surface area contributed by atoms with Crippen molar-refractivity contribution in [2.24, 2.45) is 17.1 Å². The van der Waals surface area contributed by atoms with Crippen molar-refractivity contribution >= 4 is 42.0 Å². The molecule has 0 aliphatic heterocycles. The Morgan fingerprint density at radius 1 is 1.08 bits per heavy atom. The number of rotatable bonds is 5. The van der Waals surface area contributed by atoms with Crippen LogP contribution < -0.4 is 0 Å². The molecule has 0 aromatic rings. The van der Waals surface area contributed by atoms with Gasteiger partial charge in [-0.15, -0.1) is 12.4 Å². The van der Waals surface area contributed by atoms with E-state index < -0.39 is 0 Å². The van der Waals surface area contributed by atoms with E-state index in [2.05, 4.69) is 32.9 Å². The molecule has 0 aliphatic rings. The number of hydrogen-bond acceptors (Lipinski definition) is 2. The van der Waals surface area contributed by atoms with Crippen molar-refractivity contribution < 1.29 is 0 Å². The van der Waals surface area contributed by atoms with E-state index in [1.165, 1.54) is 0 Å². The second kappa shape index (κ2) is 10.8. The van der Waals surface area contributed by atoms with Gasteiger partial charge in [0.1, 0.15) is 0 Å². The zero-order chi connectivity index (χ0) is 8.85. The van der Waals surface area contributed by atoms with Gasteiger partial charge < -0.3 is 0 Å². The van der Waals surface area contributed by atoms with Crippen LogP contribution in [0.25, 0.3) is 0 Å². The van der Waals surface area contributed by atoms with Crippen LogP contribution in [-0.2, 0) is 0 Å². The van der Waals surface area contributed by atoms with Gasteiger partial charge in [-0.2, -0.15) is 5.53 Å². The molecule has 0 saturated heterocycles. The van der Waals surface area contributed by atoms with Crippen LogP contribution in [-0.4, -0.2) is 47.7 Å². The molecule has 0 fully saturated rings. The molecule has 0 saturated carbocycles. The van der Waals surface area contributed by atoms with Crippen LogP contribution in [0.2, 0.25) is 0 Å². The summed E-state index contributed by atoms with van der Waals surface area (Å²) < 4.78 is 0. The van der Waals surface area contributed by atoms with Crippen LogP contribution in [0.4, 0.5) is 0 Å². The van der Waals surface area contributed by atoms with E-state index in [0.717, 1.165) is 13.1 Å². The molecule has 0 bridgehead atoms. The average molecular weight is 218 g/mol. The van der Waals surface area contributed by atoms with E-state index in [0.29, 0.717) is 11.8 Å². The molecule has 0 rings (SSSR count). The monoisotopic (exact) mass is 217 g/mol. The SMILES string of the molecule is CC(C)CN(CC(C)C)N=N.Cl.[NaH]. The molecular formula is C8H21ClN3Na. The molecule has 76 valence electrons. The predicted octanol–water partition coefficient (Wildman–Crippen LogP) is 2.32. The Bertz CT molecular complexity index is 110. The molecule has 0 amide bonds. The predicted molar refractivity (Wildman–Crippen MR) is 60.8 cm³/mol. The minimum atomic E-state index is 0. The van der Waals surface area contributed by atoms with Gasteiger partial charge in [0, 0.05) is 13.1 Å². The Hall–Kier alpha value is 0.690. The van der Waals surface area contributed by atoms with Gasteiger partial charge >= 0.3 is 29.6 Å². The Morgan fingerprint density at radius 2 is 1.38 bits per heavy atom.